The van der Waals surface area contributed by atoms with Crippen LogP contribution in [0.15, 0.2) is 18.2 Å². The van der Waals surface area contributed by atoms with E-state index in [1.54, 1.807) is 12.1 Å². The van der Waals surface area contributed by atoms with Crippen LogP contribution >= 0.6 is 0 Å². The second kappa shape index (κ2) is 5.55. The maximum Gasteiger partial charge on any atom is 0.0992 e. The Morgan fingerprint density at radius 1 is 1.35 bits per heavy atom. The van der Waals surface area contributed by atoms with Gasteiger partial charge in [-0.2, -0.15) is 5.26 Å². The van der Waals surface area contributed by atoms with Gasteiger partial charge in [-0.1, -0.05) is 0 Å². The number of nitrogens with zero attached hydrogens (tertiary/aromatic N) is 2. The molecule has 0 unspecified atom stereocenters. The number of anilines is 2. The van der Waals surface area contributed by atoms with Crippen LogP contribution in [0.1, 0.15) is 18.4 Å². The van der Waals surface area contributed by atoms with Crippen LogP contribution in [0.2, 0.25) is 0 Å². The number of rotatable bonds is 4. The van der Waals surface area contributed by atoms with Crippen LogP contribution in [0.3, 0.4) is 0 Å². The Kier molecular flexibility index (Phi) is 3.84. The first-order valence-electron chi connectivity index (χ1n) is 6.05. The van der Waals surface area contributed by atoms with Crippen molar-refractivity contribution in [2.24, 2.45) is 0 Å². The van der Waals surface area contributed by atoms with Crippen molar-refractivity contribution in [1.29, 1.82) is 5.26 Å². The molecule has 0 atom stereocenters. The third kappa shape index (κ3) is 3.11. The summed E-state index contributed by atoms with van der Waals surface area (Å²) in [4.78, 5) is 2.45. The number of nitrogen functional groups attached to an aromatic ring is 1. The Bertz CT molecular complexity index is 416. The van der Waals surface area contributed by atoms with Crippen molar-refractivity contribution in [3.05, 3.63) is 23.8 Å². The fourth-order valence-electron chi connectivity index (χ4n) is 2.15. The zero-order chi connectivity index (χ0) is 12.1. The van der Waals surface area contributed by atoms with E-state index in [0.717, 1.165) is 18.8 Å². The van der Waals surface area contributed by atoms with E-state index in [0.29, 0.717) is 11.3 Å². The zero-order valence-corrected chi connectivity index (χ0v) is 9.95. The van der Waals surface area contributed by atoms with Gasteiger partial charge in [-0.15, -0.1) is 0 Å². The standard InChI is InChI=1S/C13H18N4/c14-10-11-3-4-13(12(15)9-11)16-5-8-17-6-1-2-7-17/h3-4,9,16H,1-2,5-8,15H2. The molecular formula is C13H18N4. The number of benzene rings is 1. The number of nitrogens with two attached hydrogens (primary N) is 1. The Labute approximate surface area is 102 Å². The van der Waals surface area contributed by atoms with E-state index < -0.39 is 0 Å². The third-order valence-electron chi connectivity index (χ3n) is 3.12. The van der Waals surface area contributed by atoms with Crippen molar-refractivity contribution in [2.75, 3.05) is 37.2 Å². The van der Waals surface area contributed by atoms with Crippen LogP contribution in [0, 0.1) is 11.3 Å². The molecule has 1 fully saturated rings. The Balaban J connectivity index is 1.84. The van der Waals surface area contributed by atoms with Crippen LogP contribution in [0.5, 0.6) is 0 Å². The minimum Gasteiger partial charge on any atom is -0.397 e. The van der Waals surface area contributed by atoms with Gasteiger partial charge in [-0.3, -0.25) is 0 Å². The van der Waals surface area contributed by atoms with Crippen molar-refractivity contribution >= 4 is 11.4 Å². The number of hydrogen-bond donors (Lipinski definition) is 2. The van der Waals surface area contributed by atoms with Crippen molar-refractivity contribution < 1.29 is 0 Å². The van der Waals surface area contributed by atoms with Crippen molar-refractivity contribution in [3.8, 4) is 6.07 Å². The average Bonchev–Trinajstić information content (AvgIpc) is 2.84. The monoisotopic (exact) mass is 230 g/mol. The van der Waals surface area contributed by atoms with E-state index in [1.807, 2.05) is 6.07 Å². The van der Waals surface area contributed by atoms with E-state index in [2.05, 4.69) is 16.3 Å². The summed E-state index contributed by atoms with van der Waals surface area (Å²) >= 11 is 0. The van der Waals surface area contributed by atoms with Gasteiger partial charge in [0.05, 0.1) is 23.0 Å². The molecule has 3 N–H and O–H groups in total. The van der Waals surface area contributed by atoms with Crippen LogP contribution in [-0.4, -0.2) is 31.1 Å². The molecule has 4 heteroatoms. The molecule has 1 aromatic carbocycles. The molecule has 1 saturated heterocycles. The normalized spacial score (nSPS) is 15.7. The van der Waals surface area contributed by atoms with E-state index in [4.69, 9.17) is 11.0 Å². The molecule has 17 heavy (non-hydrogen) atoms. The molecule has 1 heterocycles. The fraction of sp³-hybridized carbons (Fsp3) is 0.462. The summed E-state index contributed by atoms with van der Waals surface area (Å²) in [6, 6.07) is 7.45. The molecule has 1 aliphatic heterocycles. The predicted molar refractivity (Wildman–Crippen MR) is 69.7 cm³/mol. The maximum absolute atomic E-state index is 8.74. The minimum atomic E-state index is 0.604. The molecule has 0 spiro atoms. The van der Waals surface area contributed by atoms with Gasteiger partial charge in [0.1, 0.15) is 0 Å². The fourth-order valence-corrected chi connectivity index (χ4v) is 2.15. The summed E-state index contributed by atoms with van der Waals surface area (Å²) in [6.07, 6.45) is 2.64. The highest BCUT2D eigenvalue weighted by Crippen LogP contribution is 2.19. The highest BCUT2D eigenvalue weighted by atomic mass is 15.1. The molecule has 0 aromatic heterocycles. The molecular weight excluding hydrogens is 212 g/mol. The van der Waals surface area contributed by atoms with Crippen molar-refractivity contribution in [3.63, 3.8) is 0 Å². The first-order chi connectivity index (χ1) is 8.29. The third-order valence-corrected chi connectivity index (χ3v) is 3.12. The van der Waals surface area contributed by atoms with Crippen LogP contribution in [0.25, 0.3) is 0 Å². The number of likely N-dealkylation sites (tertiary alicyclic amines) is 1. The van der Waals surface area contributed by atoms with Crippen molar-refractivity contribution in [2.45, 2.75) is 12.8 Å². The van der Waals surface area contributed by atoms with Crippen LogP contribution in [-0.2, 0) is 0 Å². The first-order valence-corrected chi connectivity index (χ1v) is 6.05. The molecule has 2 rings (SSSR count). The van der Waals surface area contributed by atoms with Gasteiger partial charge < -0.3 is 16.0 Å². The number of hydrogen-bond acceptors (Lipinski definition) is 4. The lowest BCUT2D eigenvalue weighted by Gasteiger charge is -2.16. The summed E-state index contributed by atoms with van der Waals surface area (Å²) in [5.74, 6) is 0. The van der Waals surface area contributed by atoms with E-state index >= 15 is 0 Å². The second-order valence-electron chi connectivity index (χ2n) is 4.39. The van der Waals surface area contributed by atoms with Gasteiger partial charge in [0.2, 0.25) is 0 Å². The largest absolute Gasteiger partial charge is 0.397 e. The van der Waals surface area contributed by atoms with Gasteiger partial charge in [-0.05, 0) is 44.1 Å². The molecule has 0 saturated carbocycles. The zero-order valence-electron chi connectivity index (χ0n) is 9.95. The summed E-state index contributed by atoms with van der Waals surface area (Å²) in [6.45, 7) is 4.38. The molecule has 1 aromatic rings. The summed E-state index contributed by atoms with van der Waals surface area (Å²) in [7, 11) is 0. The van der Waals surface area contributed by atoms with Gasteiger partial charge in [0.25, 0.3) is 0 Å². The van der Waals surface area contributed by atoms with Gasteiger partial charge in [-0.25, -0.2) is 0 Å². The topological polar surface area (TPSA) is 65.1 Å². The molecule has 4 nitrogen and oxygen atoms in total. The molecule has 90 valence electrons. The van der Waals surface area contributed by atoms with E-state index in [1.165, 1.54) is 25.9 Å². The van der Waals surface area contributed by atoms with E-state index in [9.17, 15) is 0 Å². The molecule has 0 aliphatic carbocycles. The highest BCUT2D eigenvalue weighted by molar-refractivity contribution is 5.68. The SMILES string of the molecule is N#Cc1ccc(NCCN2CCCC2)c(N)c1. The number of nitrogens with one attached hydrogen (secondary N) is 1. The second-order valence-corrected chi connectivity index (χ2v) is 4.39. The van der Waals surface area contributed by atoms with E-state index in [-0.39, 0.29) is 0 Å². The molecule has 0 amide bonds. The Morgan fingerprint density at radius 3 is 2.76 bits per heavy atom. The molecule has 0 radical (unpaired) electrons. The Morgan fingerprint density at radius 2 is 2.12 bits per heavy atom. The van der Waals surface area contributed by atoms with Gasteiger partial charge in [0.15, 0.2) is 0 Å². The average molecular weight is 230 g/mol. The predicted octanol–water partition coefficient (Wildman–Crippen LogP) is 1.65. The first kappa shape index (κ1) is 11.7. The quantitative estimate of drug-likeness (QED) is 0.772. The lowest BCUT2D eigenvalue weighted by atomic mass is 10.2. The lowest BCUT2D eigenvalue weighted by Crippen LogP contribution is -2.26. The lowest BCUT2D eigenvalue weighted by molar-refractivity contribution is 0.353. The highest BCUT2D eigenvalue weighted by Gasteiger charge is 2.10. The minimum absolute atomic E-state index is 0.604. The van der Waals surface area contributed by atoms with Gasteiger partial charge >= 0.3 is 0 Å². The molecule has 1 aliphatic rings. The van der Waals surface area contributed by atoms with Crippen LogP contribution < -0.4 is 11.1 Å². The smallest absolute Gasteiger partial charge is 0.0992 e. The van der Waals surface area contributed by atoms with Crippen molar-refractivity contribution in [1.82, 2.24) is 4.90 Å². The number of nitriles is 1. The summed E-state index contributed by atoms with van der Waals surface area (Å²) < 4.78 is 0. The summed E-state index contributed by atoms with van der Waals surface area (Å²) in [5.41, 5.74) is 8.03. The van der Waals surface area contributed by atoms with Crippen LogP contribution in [0.4, 0.5) is 11.4 Å². The maximum atomic E-state index is 8.74. The van der Waals surface area contributed by atoms with Gasteiger partial charge in [0, 0.05) is 13.1 Å². The molecule has 0 bridgehead atoms. The Hall–Kier alpha value is -1.73. The summed E-state index contributed by atoms with van der Waals surface area (Å²) in [5, 5.41) is 12.1.